The Morgan fingerprint density at radius 3 is 2.48 bits per heavy atom. The minimum atomic E-state index is -0.567. The summed E-state index contributed by atoms with van der Waals surface area (Å²) in [4.78, 5) is 27.3. The molecule has 0 saturated heterocycles. The first-order valence-corrected chi connectivity index (χ1v) is 11.6. The topological polar surface area (TPSA) is 58.6 Å². The van der Waals surface area contributed by atoms with Crippen molar-refractivity contribution in [3.05, 3.63) is 63.6 Å². The number of carbonyl (C=O) groups excluding carboxylic acids is 2. The molecule has 1 N–H and O–H groups in total. The van der Waals surface area contributed by atoms with Gasteiger partial charge in [0, 0.05) is 29.0 Å². The van der Waals surface area contributed by atoms with Gasteiger partial charge >= 0.3 is 0 Å². The Labute approximate surface area is 198 Å². The second kappa shape index (κ2) is 12.7. The maximum Gasteiger partial charge on any atom is 0.242 e. The van der Waals surface area contributed by atoms with Crippen molar-refractivity contribution < 1.29 is 14.3 Å². The molecule has 0 saturated carbocycles. The molecule has 0 spiro atoms. The summed E-state index contributed by atoms with van der Waals surface area (Å²) < 4.78 is 6.62. The van der Waals surface area contributed by atoms with Gasteiger partial charge in [-0.2, -0.15) is 0 Å². The predicted octanol–water partition coefficient (Wildman–Crippen LogP) is 5.45. The van der Waals surface area contributed by atoms with Crippen LogP contribution in [-0.2, 0) is 16.1 Å². The van der Waals surface area contributed by atoms with Gasteiger partial charge in [-0.25, -0.2) is 0 Å². The predicted molar refractivity (Wildman–Crippen MR) is 128 cm³/mol. The maximum absolute atomic E-state index is 13.0. The Bertz CT molecular complexity index is 858. The molecule has 2 amide bonds. The lowest BCUT2D eigenvalue weighted by atomic mass is 10.1. The van der Waals surface area contributed by atoms with Crippen LogP contribution in [0, 0.1) is 5.92 Å². The minimum absolute atomic E-state index is 0.0770. The molecule has 1 atom stereocenters. The van der Waals surface area contributed by atoms with Crippen LogP contribution in [0.3, 0.4) is 0 Å². The number of halogens is 2. The van der Waals surface area contributed by atoms with Crippen LogP contribution in [-0.4, -0.2) is 35.9 Å². The highest BCUT2D eigenvalue weighted by Crippen LogP contribution is 2.18. The molecule has 0 bridgehead atoms. The molecular formula is C24H30BrClN2O3. The molecule has 0 radical (unpaired) electrons. The molecule has 0 unspecified atom stereocenters. The number of amides is 2. The Morgan fingerprint density at radius 1 is 1.13 bits per heavy atom. The summed E-state index contributed by atoms with van der Waals surface area (Å²) in [6.45, 7) is 7.21. The highest BCUT2D eigenvalue weighted by atomic mass is 79.9. The lowest BCUT2D eigenvalue weighted by molar-refractivity contribution is -0.140. The van der Waals surface area contributed by atoms with Gasteiger partial charge in [0.25, 0.3) is 0 Å². The molecule has 0 aliphatic rings. The zero-order chi connectivity index (χ0) is 22.8. The van der Waals surface area contributed by atoms with E-state index in [1.54, 1.807) is 36.1 Å². The van der Waals surface area contributed by atoms with E-state index < -0.39 is 6.04 Å². The van der Waals surface area contributed by atoms with Crippen LogP contribution in [0.4, 0.5) is 0 Å². The number of nitrogens with zero attached hydrogens (tertiary/aromatic N) is 1. The average molecular weight is 510 g/mol. The molecule has 5 nitrogen and oxygen atoms in total. The monoisotopic (exact) mass is 508 g/mol. The number of hydrogen-bond donors (Lipinski definition) is 1. The van der Waals surface area contributed by atoms with E-state index in [2.05, 4.69) is 21.2 Å². The van der Waals surface area contributed by atoms with Crippen LogP contribution in [0.1, 0.15) is 39.2 Å². The highest BCUT2D eigenvalue weighted by Gasteiger charge is 2.25. The van der Waals surface area contributed by atoms with Crippen molar-refractivity contribution in [3.63, 3.8) is 0 Å². The largest absolute Gasteiger partial charge is 0.494 e. The van der Waals surface area contributed by atoms with Crippen LogP contribution in [0.25, 0.3) is 0 Å². The second-order valence-electron chi connectivity index (χ2n) is 7.87. The molecule has 7 heteroatoms. The zero-order valence-electron chi connectivity index (χ0n) is 18.2. The van der Waals surface area contributed by atoms with Gasteiger partial charge in [-0.05, 0) is 61.2 Å². The average Bonchev–Trinajstić information content (AvgIpc) is 2.74. The molecule has 0 aliphatic heterocycles. The third-order valence-electron chi connectivity index (χ3n) is 4.71. The first-order valence-electron chi connectivity index (χ1n) is 10.5. The van der Waals surface area contributed by atoms with Gasteiger partial charge in [0.2, 0.25) is 11.8 Å². The van der Waals surface area contributed by atoms with Crippen molar-refractivity contribution in [1.82, 2.24) is 10.2 Å². The van der Waals surface area contributed by atoms with Gasteiger partial charge in [-0.3, -0.25) is 9.59 Å². The standard InChI is InChI=1S/C24H30BrClN2O3/c1-17(2)15-27-24(30)18(3)28(16-19-6-4-7-20(25)14-19)23(29)8-5-13-31-22-11-9-21(26)10-12-22/h4,6-7,9-12,14,17-18H,5,8,13,15-16H2,1-3H3,(H,27,30)/t18-/m1/s1. The number of hydrogen-bond acceptors (Lipinski definition) is 3. The Morgan fingerprint density at radius 2 is 1.84 bits per heavy atom. The van der Waals surface area contributed by atoms with E-state index in [1.165, 1.54) is 0 Å². The van der Waals surface area contributed by atoms with E-state index in [9.17, 15) is 9.59 Å². The van der Waals surface area contributed by atoms with E-state index in [-0.39, 0.29) is 11.8 Å². The van der Waals surface area contributed by atoms with E-state index >= 15 is 0 Å². The van der Waals surface area contributed by atoms with E-state index in [0.29, 0.717) is 49.2 Å². The maximum atomic E-state index is 13.0. The smallest absolute Gasteiger partial charge is 0.242 e. The summed E-state index contributed by atoms with van der Waals surface area (Å²) in [5.74, 6) is 0.834. The second-order valence-corrected chi connectivity index (χ2v) is 9.22. The zero-order valence-corrected chi connectivity index (χ0v) is 20.6. The first-order chi connectivity index (χ1) is 14.8. The Hall–Kier alpha value is -2.05. The Kier molecular flexibility index (Phi) is 10.3. The van der Waals surface area contributed by atoms with Gasteiger partial charge in [-0.1, -0.05) is 53.5 Å². The third-order valence-corrected chi connectivity index (χ3v) is 5.46. The van der Waals surface area contributed by atoms with Crippen LogP contribution in [0.2, 0.25) is 5.02 Å². The number of ether oxygens (including phenoxy) is 1. The molecule has 2 aromatic carbocycles. The lowest BCUT2D eigenvalue weighted by Gasteiger charge is -2.29. The SMILES string of the molecule is CC(C)CNC(=O)[C@@H](C)N(Cc1cccc(Br)c1)C(=O)CCCOc1ccc(Cl)cc1. The number of rotatable bonds is 11. The fourth-order valence-corrected chi connectivity index (χ4v) is 3.53. The summed E-state index contributed by atoms with van der Waals surface area (Å²) in [5.41, 5.74) is 0.962. The lowest BCUT2D eigenvalue weighted by Crippen LogP contribution is -2.48. The van der Waals surface area contributed by atoms with E-state index in [4.69, 9.17) is 16.3 Å². The van der Waals surface area contributed by atoms with Crippen molar-refractivity contribution in [2.24, 2.45) is 5.92 Å². The first kappa shape index (κ1) is 25.2. The fourth-order valence-electron chi connectivity index (χ4n) is 2.95. The van der Waals surface area contributed by atoms with Crippen LogP contribution < -0.4 is 10.1 Å². The molecule has 0 aromatic heterocycles. The molecule has 2 aromatic rings. The number of benzene rings is 2. The molecule has 0 fully saturated rings. The van der Waals surface area contributed by atoms with Gasteiger partial charge in [0.15, 0.2) is 0 Å². The van der Waals surface area contributed by atoms with Crippen molar-refractivity contribution in [3.8, 4) is 5.75 Å². The Balaban J connectivity index is 1.98. The number of nitrogens with one attached hydrogen (secondary N) is 1. The molecule has 31 heavy (non-hydrogen) atoms. The summed E-state index contributed by atoms with van der Waals surface area (Å²) in [7, 11) is 0. The highest BCUT2D eigenvalue weighted by molar-refractivity contribution is 9.10. The van der Waals surface area contributed by atoms with Gasteiger partial charge in [0.1, 0.15) is 11.8 Å². The summed E-state index contributed by atoms with van der Waals surface area (Å²) >= 11 is 9.35. The van der Waals surface area contributed by atoms with Crippen LogP contribution in [0.5, 0.6) is 5.75 Å². The van der Waals surface area contributed by atoms with Gasteiger partial charge < -0.3 is 15.0 Å². The van der Waals surface area contributed by atoms with Crippen LogP contribution >= 0.6 is 27.5 Å². The summed E-state index contributed by atoms with van der Waals surface area (Å²) in [6, 6.07) is 14.3. The van der Waals surface area contributed by atoms with E-state index in [0.717, 1.165) is 10.0 Å². The number of carbonyl (C=O) groups is 2. The van der Waals surface area contributed by atoms with Gasteiger partial charge in [-0.15, -0.1) is 0 Å². The molecule has 168 valence electrons. The third kappa shape index (κ3) is 8.91. The normalized spacial score (nSPS) is 11.8. The van der Waals surface area contributed by atoms with Crippen molar-refractivity contribution in [1.29, 1.82) is 0 Å². The molecule has 2 rings (SSSR count). The molecular weight excluding hydrogens is 480 g/mol. The van der Waals surface area contributed by atoms with Gasteiger partial charge in [0.05, 0.1) is 6.61 Å². The van der Waals surface area contributed by atoms with Crippen molar-refractivity contribution >= 4 is 39.3 Å². The quantitative estimate of drug-likeness (QED) is 0.410. The molecule has 0 heterocycles. The van der Waals surface area contributed by atoms with Crippen LogP contribution in [0.15, 0.2) is 53.0 Å². The minimum Gasteiger partial charge on any atom is -0.494 e. The van der Waals surface area contributed by atoms with Crippen molar-refractivity contribution in [2.75, 3.05) is 13.2 Å². The van der Waals surface area contributed by atoms with E-state index in [1.807, 2.05) is 38.1 Å². The summed E-state index contributed by atoms with van der Waals surface area (Å²) in [6.07, 6.45) is 0.847. The fraction of sp³-hybridized carbons (Fsp3) is 0.417. The summed E-state index contributed by atoms with van der Waals surface area (Å²) in [5, 5.41) is 3.58. The molecule has 0 aliphatic carbocycles. The van der Waals surface area contributed by atoms with Crippen molar-refractivity contribution in [2.45, 2.75) is 46.2 Å².